The van der Waals surface area contributed by atoms with Crippen molar-refractivity contribution in [1.29, 1.82) is 0 Å². The van der Waals surface area contributed by atoms with Gasteiger partial charge in [0.1, 0.15) is 11.9 Å². The van der Waals surface area contributed by atoms with E-state index in [1.807, 2.05) is 0 Å². The molecular weight excluding hydrogens is 306 g/mol. The number of phenolic OH excluding ortho intramolecular Hbond substituents is 1. The van der Waals surface area contributed by atoms with Crippen molar-refractivity contribution in [2.45, 2.75) is 19.1 Å². The zero-order valence-corrected chi connectivity index (χ0v) is 13.4. The minimum absolute atomic E-state index is 0.00417. The average molecular weight is 334 g/mol. The highest BCUT2D eigenvalue weighted by Crippen LogP contribution is 2.36. The highest BCUT2D eigenvalue weighted by Gasteiger charge is 2.28. The second-order valence-electron chi connectivity index (χ2n) is 5.25. The summed E-state index contributed by atoms with van der Waals surface area (Å²) >= 11 is 0. The number of aromatic hydroxyl groups is 1. The van der Waals surface area contributed by atoms with E-state index in [0.717, 1.165) is 0 Å². The summed E-state index contributed by atoms with van der Waals surface area (Å²) in [5, 5.41) is 13.1. The van der Waals surface area contributed by atoms with Crippen LogP contribution < -0.4 is 14.8 Å². The lowest BCUT2D eigenvalue weighted by molar-refractivity contribution is -0.0439. The Balaban J connectivity index is 2.12. The fourth-order valence-corrected chi connectivity index (χ4v) is 2.50. The fourth-order valence-electron chi connectivity index (χ4n) is 2.50. The average Bonchev–Trinajstić information content (AvgIpc) is 2.73. The molecule has 1 saturated heterocycles. The van der Waals surface area contributed by atoms with Gasteiger partial charge >= 0.3 is 0 Å². The third-order valence-electron chi connectivity index (χ3n) is 3.58. The van der Waals surface area contributed by atoms with E-state index in [1.54, 1.807) is 13.0 Å². The van der Waals surface area contributed by atoms with Crippen LogP contribution in [0, 0.1) is 0 Å². The van der Waals surface area contributed by atoms with Crippen LogP contribution in [0.15, 0.2) is 48.4 Å². The van der Waals surface area contributed by atoms with Crippen molar-refractivity contribution in [3.8, 4) is 17.2 Å². The van der Waals surface area contributed by atoms with Crippen molar-refractivity contribution < 1.29 is 26.2 Å². The quantitative estimate of drug-likeness (QED) is 0.851. The zero-order chi connectivity index (χ0) is 21.1. The molecule has 1 aliphatic rings. The SMILES string of the molecule is [2H]c1c([2H])c([2H])c([C@@H](Oc2cc(O)ccc2OCC)[C@H]2CNCCO2)c([2H])c1[2H]. The summed E-state index contributed by atoms with van der Waals surface area (Å²) < 4.78 is 57.9. The lowest BCUT2D eigenvalue weighted by Gasteiger charge is -2.32. The van der Waals surface area contributed by atoms with Crippen molar-refractivity contribution in [3.05, 3.63) is 54.0 Å². The second kappa shape index (κ2) is 8.04. The van der Waals surface area contributed by atoms with Gasteiger partial charge in [0.15, 0.2) is 17.6 Å². The number of hydrogen-bond acceptors (Lipinski definition) is 5. The fraction of sp³-hybridized carbons (Fsp3) is 0.368. The van der Waals surface area contributed by atoms with Gasteiger partial charge < -0.3 is 24.6 Å². The van der Waals surface area contributed by atoms with Crippen molar-refractivity contribution >= 4 is 0 Å². The topological polar surface area (TPSA) is 60.0 Å². The number of ether oxygens (including phenoxy) is 3. The van der Waals surface area contributed by atoms with E-state index in [-0.39, 0.29) is 29.1 Å². The van der Waals surface area contributed by atoms with Crippen LogP contribution in [0.2, 0.25) is 0 Å². The molecule has 0 unspecified atom stereocenters. The van der Waals surface area contributed by atoms with Crippen LogP contribution in [0.4, 0.5) is 0 Å². The number of nitrogens with one attached hydrogen (secondary N) is 1. The first kappa shape index (κ1) is 11.3. The lowest BCUT2D eigenvalue weighted by Crippen LogP contribution is -2.43. The van der Waals surface area contributed by atoms with Gasteiger partial charge in [-0.2, -0.15) is 0 Å². The van der Waals surface area contributed by atoms with Crippen molar-refractivity contribution in [2.24, 2.45) is 0 Å². The van der Waals surface area contributed by atoms with Crippen LogP contribution in [-0.4, -0.2) is 37.5 Å². The molecule has 128 valence electrons. The van der Waals surface area contributed by atoms with E-state index < -0.39 is 30.3 Å². The molecule has 0 bridgehead atoms. The summed E-state index contributed by atoms with van der Waals surface area (Å²) in [5.74, 6) is 0.509. The number of hydrogen-bond donors (Lipinski definition) is 2. The van der Waals surface area contributed by atoms with E-state index in [0.29, 0.717) is 32.1 Å². The van der Waals surface area contributed by atoms with Gasteiger partial charge in [0.25, 0.3) is 0 Å². The normalized spacial score (nSPS) is 21.7. The minimum atomic E-state index is -1.02. The van der Waals surface area contributed by atoms with Gasteiger partial charge in [0.2, 0.25) is 0 Å². The zero-order valence-electron chi connectivity index (χ0n) is 18.4. The molecule has 5 heteroatoms. The Labute approximate surface area is 149 Å². The number of phenols is 1. The van der Waals surface area contributed by atoms with E-state index in [1.165, 1.54) is 12.1 Å². The van der Waals surface area contributed by atoms with Gasteiger partial charge in [-0.1, -0.05) is 30.2 Å². The first-order valence-corrected chi connectivity index (χ1v) is 7.86. The number of benzene rings is 2. The minimum Gasteiger partial charge on any atom is -0.508 e. The summed E-state index contributed by atoms with van der Waals surface area (Å²) in [7, 11) is 0. The molecule has 1 aliphatic heterocycles. The van der Waals surface area contributed by atoms with E-state index in [4.69, 9.17) is 21.1 Å². The molecule has 1 heterocycles. The smallest absolute Gasteiger partial charge is 0.165 e. The molecule has 3 rings (SSSR count). The molecule has 0 spiro atoms. The summed E-state index contributed by atoms with van der Waals surface area (Å²) in [6.45, 7) is 3.57. The molecule has 24 heavy (non-hydrogen) atoms. The van der Waals surface area contributed by atoms with Crippen LogP contribution in [-0.2, 0) is 4.74 Å². The Morgan fingerprint density at radius 3 is 2.88 bits per heavy atom. The maximum atomic E-state index is 9.90. The Morgan fingerprint density at radius 2 is 2.17 bits per heavy atom. The Morgan fingerprint density at radius 1 is 1.33 bits per heavy atom. The van der Waals surface area contributed by atoms with Crippen LogP contribution in [0.25, 0.3) is 0 Å². The Hall–Kier alpha value is -2.24. The Bertz CT molecular complexity index is 860. The molecule has 2 aromatic rings. The van der Waals surface area contributed by atoms with E-state index in [2.05, 4.69) is 5.32 Å². The van der Waals surface area contributed by atoms with Gasteiger partial charge in [0, 0.05) is 19.2 Å². The monoisotopic (exact) mass is 334 g/mol. The molecule has 0 aliphatic carbocycles. The summed E-state index contributed by atoms with van der Waals surface area (Å²) in [6.07, 6.45) is -1.62. The predicted octanol–water partition coefficient (Wildman–Crippen LogP) is 2.90. The maximum Gasteiger partial charge on any atom is 0.165 e. The molecule has 2 aromatic carbocycles. The molecular formula is C19H23NO4. The molecule has 2 atom stereocenters. The van der Waals surface area contributed by atoms with Gasteiger partial charge in [0.05, 0.1) is 20.1 Å². The molecule has 0 radical (unpaired) electrons. The van der Waals surface area contributed by atoms with Gasteiger partial charge in [-0.25, -0.2) is 0 Å². The van der Waals surface area contributed by atoms with Crippen LogP contribution >= 0.6 is 0 Å². The largest absolute Gasteiger partial charge is 0.508 e. The van der Waals surface area contributed by atoms with Gasteiger partial charge in [-0.15, -0.1) is 0 Å². The van der Waals surface area contributed by atoms with Crippen molar-refractivity contribution in [1.82, 2.24) is 5.32 Å². The number of morpholine rings is 1. The first-order valence-electron chi connectivity index (χ1n) is 10.4. The molecule has 0 saturated carbocycles. The van der Waals surface area contributed by atoms with E-state index >= 15 is 0 Å². The maximum absolute atomic E-state index is 9.90. The summed E-state index contributed by atoms with van der Waals surface area (Å²) in [5.41, 5.74) is -0.00417. The van der Waals surface area contributed by atoms with Gasteiger partial charge in [-0.05, 0) is 24.6 Å². The standard InChI is InChI=1S/C19H23NO4/c1-2-22-16-9-8-15(21)12-17(16)24-19(14-6-4-3-5-7-14)18-13-20-10-11-23-18/h3-9,12,18-21H,2,10-11,13H2,1H3/t18-,19-/m1/s1/i3D,4D,5D,6D,7D. The van der Waals surface area contributed by atoms with Gasteiger partial charge in [-0.3, -0.25) is 0 Å². The highest BCUT2D eigenvalue weighted by molar-refractivity contribution is 5.45. The lowest BCUT2D eigenvalue weighted by atomic mass is 10.0. The van der Waals surface area contributed by atoms with Crippen molar-refractivity contribution in [3.63, 3.8) is 0 Å². The van der Waals surface area contributed by atoms with Crippen LogP contribution in [0.1, 0.15) is 25.4 Å². The van der Waals surface area contributed by atoms with E-state index in [9.17, 15) is 5.11 Å². The highest BCUT2D eigenvalue weighted by atomic mass is 16.6. The Kier molecular flexibility index (Phi) is 3.80. The first-order chi connectivity index (χ1) is 13.8. The number of rotatable bonds is 6. The molecule has 5 nitrogen and oxygen atoms in total. The van der Waals surface area contributed by atoms with Crippen LogP contribution in [0.3, 0.4) is 0 Å². The molecule has 2 N–H and O–H groups in total. The molecule has 0 aromatic heterocycles. The third kappa shape index (κ3) is 3.99. The van der Waals surface area contributed by atoms with Crippen LogP contribution in [0.5, 0.6) is 17.2 Å². The molecule has 0 amide bonds. The van der Waals surface area contributed by atoms with Crippen molar-refractivity contribution in [2.75, 3.05) is 26.3 Å². The summed E-state index contributed by atoms with van der Waals surface area (Å²) in [6, 6.07) is 2.30. The second-order valence-corrected chi connectivity index (χ2v) is 5.25. The predicted molar refractivity (Wildman–Crippen MR) is 91.7 cm³/mol. The molecule has 1 fully saturated rings. The summed E-state index contributed by atoms with van der Waals surface area (Å²) in [4.78, 5) is 0. The third-order valence-corrected chi connectivity index (χ3v) is 3.58.